The molecule has 0 radical (unpaired) electrons. The Morgan fingerprint density at radius 2 is 1.73 bits per heavy atom. The van der Waals surface area contributed by atoms with Crippen LogP contribution >= 0.6 is 0 Å². The van der Waals surface area contributed by atoms with E-state index in [1.807, 2.05) is 38.1 Å². The third kappa shape index (κ3) is 4.99. The predicted molar refractivity (Wildman–Crippen MR) is 128 cm³/mol. The lowest BCUT2D eigenvalue weighted by atomic mass is 9.80. The first-order valence-corrected chi connectivity index (χ1v) is 11.9. The highest BCUT2D eigenvalue weighted by atomic mass is 16.5. The Morgan fingerprint density at radius 1 is 1.12 bits per heavy atom. The number of piperidine rings is 3. The van der Waals surface area contributed by atoms with Crippen LogP contribution in [0.2, 0.25) is 0 Å². The Hall–Kier alpha value is -3.04. The van der Waals surface area contributed by atoms with Crippen LogP contribution in [0, 0.1) is 17.2 Å². The average molecular weight is 448 g/mol. The summed E-state index contributed by atoms with van der Waals surface area (Å²) >= 11 is 0. The van der Waals surface area contributed by atoms with Gasteiger partial charge in [-0.3, -0.25) is 4.90 Å². The molecule has 33 heavy (non-hydrogen) atoms. The Labute approximate surface area is 196 Å². The van der Waals surface area contributed by atoms with Crippen molar-refractivity contribution in [1.29, 1.82) is 5.26 Å². The van der Waals surface area contributed by atoms with E-state index in [-0.39, 0.29) is 6.04 Å². The molecule has 1 N–H and O–H groups in total. The standard InChI is InChI=1S/C27H33N3O3/c1-27(2,30(26(31)32)25-19-29-16-13-22(25)14-17-29)23-9-5-20(6-10-23)21-7-11-24(12-8-21)33-18-4-3-15-28/h5-12,22,25H,3-4,13-14,16-19H2,1-2H3,(H,31,32). The number of nitriles is 1. The molecule has 1 atom stereocenters. The predicted octanol–water partition coefficient (Wildman–Crippen LogP) is 5.35. The van der Waals surface area contributed by atoms with Crippen molar-refractivity contribution in [3.8, 4) is 22.9 Å². The first-order valence-electron chi connectivity index (χ1n) is 11.9. The number of carboxylic acid groups (broad SMARTS) is 1. The van der Waals surface area contributed by atoms with E-state index in [1.54, 1.807) is 4.90 Å². The van der Waals surface area contributed by atoms with Crippen molar-refractivity contribution in [2.75, 3.05) is 26.2 Å². The molecule has 2 bridgehead atoms. The largest absolute Gasteiger partial charge is 0.494 e. The molecule has 3 aliphatic heterocycles. The second-order valence-electron chi connectivity index (χ2n) is 9.63. The molecule has 2 aromatic rings. The lowest BCUT2D eigenvalue weighted by Crippen LogP contribution is -2.62. The third-order valence-electron chi connectivity index (χ3n) is 7.24. The molecule has 0 aliphatic carbocycles. The van der Waals surface area contributed by atoms with E-state index in [1.165, 1.54) is 0 Å². The highest BCUT2D eigenvalue weighted by Gasteiger charge is 2.45. The van der Waals surface area contributed by atoms with Crippen LogP contribution in [0.4, 0.5) is 4.79 Å². The van der Waals surface area contributed by atoms with Crippen molar-refractivity contribution in [3.63, 3.8) is 0 Å². The summed E-state index contributed by atoms with van der Waals surface area (Å²) < 4.78 is 5.67. The van der Waals surface area contributed by atoms with E-state index < -0.39 is 11.6 Å². The Bertz CT molecular complexity index is 987. The molecule has 3 heterocycles. The summed E-state index contributed by atoms with van der Waals surface area (Å²) in [6, 6.07) is 18.3. The van der Waals surface area contributed by atoms with Crippen LogP contribution in [-0.2, 0) is 5.54 Å². The van der Waals surface area contributed by atoms with Gasteiger partial charge in [-0.25, -0.2) is 4.79 Å². The van der Waals surface area contributed by atoms with Gasteiger partial charge in [-0.2, -0.15) is 5.26 Å². The summed E-state index contributed by atoms with van der Waals surface area (Å²) in [6.07, 6.45) is 2.55. The highest BCUT2D eigenvalue weighted by molar-refractivity contribution is 5.68. The zero-order chi connectivity index (χ0) is 23.4. The number of unbranched alkanes of at least 4 members (excludes halogenated alkanes) is 1. The van der Waals surface area contributed by atoms with Crippen molar-refractivity contribution in [1.82, 2.24) is 9.80 Å². The van der Waals surface area contributed by atoms with Gasteiger partial charge in [-0.1, -0.05) is 36.4 Å². The molecule has 174 valence electrons. The van der Waals surface area contributed by atoms with Gasteiger partial charge in [0, 0.05) is 13.0 Å². The van der Waals surface area contributed by atoms with Gasteiger partial charge in [0.05, 0.1) is 24.3 Å². The molecule has 0 saturated carbocycles. The summed E-state index contributed by atoms with van der Waals surface area (Å²) in [5, 5.41) is 18.8. The van der Waals surface area contributed by atoms with Gasteiger partial charge < -0.3 is 14.7 Å². The number of hydrogen-bond donors (Lipinski definition) is 1. The smallest absolute Gasteiger partial charge is 0.408 e. The van der Waals surface area contributed by atoms with Crippen molar-refractivity contribution < 1.29 is 14.6 Å². The van der Waals surface area contributed by atoms with Gasteiger partial charge in [0.2, 0.25) is 0 Å². The zero-order valence-corrected chi connectivity index (χ0v) is 19.5. The number of rotatable bonds is 8. The van der Waals surface area contributed by atoms with Gasteiger partial charge in [0.15, 0.2) is 0 Å². The Kier molecular flexibility index (Phi) is 6.90. The first kappa shape index (κ1) is 23.1. The molecule has 3 aliphatic rings. The van der Waals surface area contributed by atoms with Gasteiger partial charge >= 0.3 is 6.09 Å². The van der Waals surface area contributed by atoms with Crippen LogP contribution in [0.15, 0.2) is 48.5 Å². The lowest BCUT2D eigenvalue weighted by molar-refractivity contribution is -0.0289. The molecular formula is C27H33N3O3. The fourth-order valence-electron chi connectivity index (χ4n) is 5.32. The molecule has 6 heteroatoms. The number of fused-ring (bicyclic) bond motifs is 3. The lowest BCUT2D eigenvalue weighted by Gasteiger charge is -2.52. The van der Waals surface area contributed by atoms with Gasteiger partial charge in [-0.15, -0.1) is 0 Å². The number of carbonyl (C=O) groups is 1. The van der Waals surface area contributed by atoms with Gasteiger partial charge in [0.1, 0.15) is 5.75 Å². The van der Waals surface area contributed by atoms with Crippen molar-refractivity contribution >= 4 is 6.09 Å². The fourth-order valence-corrected chi connectivity index (χ4v) is 5.32. The maximum atomic E-state index is 12.4. The van der Waals surface area contributed by atoms with Crippen LogP contribution in [0.5, 0.6) is 5.75 Å². The van der Waals surface area contributed by atoms with Crippen LogP contribution in [0.25, 0.3) is 11.1 Å². The molecular weight excluding hydrogens is 414 g/mol. The topological polar surface area (TPSA) is 76.8 Å². The molecule has 2 aromatic carbocycles. The number of amides is 1. The average Bonchev–Trinajstić information content (AvgIpc) is 2.83. The van der Waals surface area contributed by atoms with E-state index in [0.717, 1.165) is 61.3 Å². The molecule has 5 rings (SSSR count). The minimum atomic E-state index is -0.840. The third-order valence-corrected chi connectivity index (χ3v) is 7.24. The number of hydrogen-bond acceptors (Lipinski definition) is 4. The van der Waals surface area contributed by atoms with E-state index in [0.29, 0.717) is 18.9 Å². The van der Waals surface area contributed by atoms with Crippen LogP contribution < -0.4 is 4.74 Å². The van der Waals surface area contributed by atoms with Crippen LogP contribution in [0.3, 0.4) is 0 Å². The van der Waals surface area contributed by atoms with Crippen molar-refractivity contribution in [2.45, 2.75) is 51.1 Å². The number of nitrogens with zero attached hydrogens (tertiary/aromatic N) is 3. The second-order valence-corrected chi connectivity index (χ2v) is 9.63. The fraction of sp³-hybridized carbons (Fsp3) is 0.481. The molecule has 6 nitrogen and oxygen atoms in total. The molecule has 1 amide bonds. The van der Waals surface area contributed by atoms with Crippen molar-refractivity contribution in [2.24, 2.45) is 5.92 Å². The monoisotopic (exact) mass is 447 g/mol. The minimum absolute atomic E-state index is 0.0420. The maximum Gasteiger partial charge on any atom is 0.408 e. The minimum Gasteiger partial charge on any atom is -0.494 e. The van der Waals surface area contributed by atoms with Gasteiger partial charge in [0.25, 0.3) is 0 Å². The number of benzene rings is 2. The summed E-state index contributed by atoms with van der Waals surface area (Å²) in [5.74, 6) is 1.24. The SMILES string of the molecule is CC(C)(c1ccc(-c2ccc(OCCCC#N)cc2)cc1)N(C(=O)O)C1CN2CCC1CC2. The highest BCUT2D eigenvalue weighted by Crippen LogP contribution is 2.38. The molecule has 0 spiro atoms. The van der Waals surface area contributed by atoms with E-state index in [9.17, 15) is 9.90 Å². The Balaban J connectivity index is 1.48. The normalized spacial score (nSPS) is 21.9. The summed E-state index contributed by atoms with van der Waals surface area (Å²) in [6.45, 7) is 7.60. The van der Waals surface area contributed by atoms with E-state index >= 15 is 0 Å². The summed E-state index contributed by atoms with van der Waals surface area (Å²) in [7, 11) is 0. The van der Waals surface area contributed by atoms with Crippen LogP contribution in [-0.4, -0.2) is 53.3 Å². The Morgan fingerprint density at radius 3 is 2.24 bits per heavy atom. The van der Waals surface area contributed by atoms with Crippen LogP contribution in [0.1, 0.15) is 45.1 Å². The van der Waals surface area contributed by atoms with E-state index in [2.05, 4.69) is 35.2 Å². The zero-order valence-electron chi connectivity index (χ0n) is 19.5. The molecule has 0 aromatic heterocycles. The quantitative estimate of drug-likeness (QED) is 0.552. The molecule has 3 fully saturated rings. The van der Waals surface area contributed by atoms with E-state index in [4.69, 9.17) is 10.00 Å². The summed E-state index contributed by atoms with van der Waals surface area (Å²) in [4.78, 5) is 16.5. The summed E-state index contributed by atoms with van der Waals surface area (Å²) in [5.41, 5.74) is 2.54. The molecule has 3 saturated heterocycles. The molecule has 1 unspecified atom stereocenters. The second kappa shape index (κ2) is 9.84. The first-order chi connectivity index (χ1) is 15.9. The van der Waals surface area contributed by atoms with Gasteiger partial charge in [-0.05, 0) is 80.9 Å². The van der Waals surface area contributed by atoms with Crippen molar-refractivity contribution in [3.05, 3.63) is 54.1 Å². The number of ether oxygens (including phenoxy) is 1. The maximum absolute atomic E-state index is 12.4.